The summed E-state index contributed by atoms with van der Waals surface area (Å²) in [4.78, 5) is 0. The third-order valence-electron chi connectivity index (χ3n) is 4.08. The minimum absolute atomic E-state index is 0.0347. The Labute approximate surface area is 116 Å². The molecule has 2 aliphatic rings. The molecule has 19 heavy (non-hydrogen) atoms. The van der Waals surface area contributed by atoms with Crippen LogP contribution in [-0.4, -0.2) is 62.0 Å². The van der Waals surface area contributed by atoms with Gasteiger partial charge in [-0.2, -0.15) is 17.0 Å². The maximum atomic E-state index is 12.7. The molecule has 7 heteroatoms. The molecule has 2 fully saturated rings. The number of nitrogens with zero attached hydrogens (tertiary/aromatic N) is 2. The molecule has 0 radical (unpaired) electrons. The van der Waals surface area contributed by atoms with Crippen LogP contribution in [0.5, 0.6) is 0 Å². The van der Waals surface area contributed by atoms with E-state index in [-0.39, 0.29) is 12.1 Å². The van der Waals surface area contributed by atoms with E-state index in [1.807, 2.05) is 13.8 Å². The molecule has 0 aromatic heterocycles. The Morgan fingerprint density at radius 3 is 2.47 bits per heavy atom. The van der Waals surface area contributed by atoms with Crippen LogP contribution in [0.2, 0.25) is 0 Å². The summed E-state index contributed by atoms with van der Waals surface area (Å²) in [5.74, 6) is 0.465. The van der Waals surface area contributed by atoms with Crippen molar-refractivity contribution in [3.63, 3.8) is 0 Å². The second kappa shape index (κ2) is 6.05. The summed E-state index contributed by atoms with van der Waals surface area (Å²) >= 11 is 0. The summed E-state index contributed by atoms with van der Waals surface area (Å²) in [6.45, 7) is 6.55. The van der Waals surface area contributed by atoms with Gasteiger partial charge in [0.15, 0.2) is 0 Å². The van der Waals surface area contributed by atoms with Crippen LogP contribution in [0.15, 0.2) is 0 Å². The van der Waals surface area contributed by atoms with Crippen LogP contribution in [-0.2, 0) is 14.9 Å². The smallest absolute Gasteiger partial charge is 0.282 e. The van der Waals surface area contributed by atoms with Gasteiger partial charge in [-0.25, -0.2) is 0 Å². The second-order valence-electron chi connectivity index (χ2n) is 5.65. The van der Waals surface area contributed by atoms with E-state index in [1.165, 1.54) is 0 Å². The third kappa shape index (κ3) is 3.28. The first-order chi connectivity index (χ1) is 8.95. The maximum Gasteiger partial charge on any atom is 0.282 e. The van der Waals surface area contributed by atoms with Crippen molar-refractivity contribution < 1.29 is 13.2 Å². The van der Waals surface area contributed by atoms with Crippen molar-refractivity contribution in [1.29, 1.82) is 0 Å². The molecule has 0 bridgehead atoms. The largest absolute Gasteiger partial charge is 0.375 e. The molecule has 0 saturated carbocycles. The minimum Gasteiger partial charge on any atom is -0.375 e. The highest BCUT2D eigenvalue weighted by molar-refractivity contribution is 7.86. The molecule has 2 saturated heterocycles. The quantitative estimate of drug-likeness (QED) is 0.795. The van der Waals surface area contributed by atoms with Crippen LogP contribution >= 0.6 is 0 Å². The highest BCUT2D eigenvalue weighted by atomic mass is 32.2. The van der Waals surface area contributed by atoms with Gasteiger partial charge in [0, 0.05) is 25.7 Å². The molecule has 0 unspecified atom stereocenters. The lowest BCUT2D eigenvalue weighted by Crippen LogP contribution is -2.56. The zero-order chi connectivity index (χ0) is 14.0. The Kier molecular flexibility index (Phi) is 4.84. The first-order valence-corrected chi connectivity index (χ1v) is 8.43. The molecule has 0 aromatic rings. The summed E-state index contributed by atoms with van der Waals surface area (Å²) in [7, 11) is -3.35. The monoisotopic (exact) mass is 291 g/mol. The molecular formula is C12H25N3O3S. The Hall–Kier alpha value is -0.210. The number of ether oxygens (including phenoxy) is 1. The van der Waals surface area contributed by atoms with E-state index in [2.05, 4.69) is 0 Å². The van der Waals surface area contributed by atoms with Crippen LogP contribution in [0.1, 0.15) is 26.7 Å². The van der Waals surface area contributed by atoms with Gasteiger partial charge in [-0.15, -0.1) is 0 Å². The Balaban J connectivity index is 2.05. The third-order valence-corrected chi connectivity index (χ3v) is 6.20. The summed E-state index contributed by atoms with van der Waals surface area (Å²) in [5, 5.41) is 0. The van der Waals surface area contributed by atoms with Crippen LogP contribution in [0.4, 0.5) is 0 Å². The predicted molar refractivity (Wildman–Crippen MR) is 73.9 cm³/mol. The van der Waals surface area contributed by atoms with Gasteiger partial charge in [0.05, 0.1) is 12.7 Å². The van der Waals surface area contributed by atoms with Crippen molar-refractivity contribution in [1.82, 2.24) is 8.61 Å². The SMILES string of the molecule is C[C@H]1CN(S(=O)(=O)N2CCC(CN)CC2)[C@@H](C)CO1. The average Bonchev–Trinajstić information content (AvgIpc) is 2.41. The van der Waals surface area contributed by atoms with Crippen LogP contribution in [0, 0.1) is 5.92 Å². The number of rotatable bonds is 3. The van der Waals surface area contributed by atoms with Crippen molar-refractivity contribution >= 4 is 10.2 Å². The molecule has 2 aliphatic heterocycles. The van der Waals surface area contributed by atoms with Crippen LogP contribution in [0.3, 0.4) is 0 Å². The summed E-state index contributed by atoms with van der Waals surface area (Å²) < 4.78 is 34.0. The van der Waals surface area contributed by atoms with Crippen LogP contribution < -0.4 is 5.73 Å². The molecule has 2 atom stereocenters. The van der Waals surface area contributed by atoms with Gasteiger partial charge in [0.25, 0.3) is 10.2 Å². The molecule has 6 nitrogen and oxygen atoms in total. The standard InChI is InChI=1S/C12H25N3O3S/c1-10-9-18-11(2)8-15(10)19(16,17)14-5-3-12(7-13)4-6-14/h10-12H,3-9,13H2,1-2H3/t10-,11-/m0/s1. The molecular weight excluding hydrogens is 266 g/mol. The van der Waals surface area contributed by atoms with Crippen LogP contribution in [0.25, 0.3) is 0 Å². The molecule has 2 rings (SSSR count). The second-order valence-corrected chi connectivity index (χ2v) is 7.53. The minimum atomic E-state index is -3.35. The van der Waals surface area contributed by atoms with E-state index in [0.717, 1.165) is 12.8 Å². The van der Waals surface area contributed by atoms with E-state index in [1.54, 1.807) is 8.61 Å². The van der Waals surface area contributed by atoms with E-state index in [0.29, 0.717) is 38.7 Å². The van der Waals surface area contributed by atoms with Crippen molar-refractivity contribution in [3.8, 4) is 0 Å². The fraction of sp³-hybridized carbons (Fsp3) is 1.00. The average molecular weight is 291 g/mol. The van der Waals surface area contributed by atoms with Gasteiger partial charge in [0.2, 0.25) is 0 Å². The number of hydrogen-bond acceptors (Lipinski definition) is 4. The maximum absolute atomic E-state index is 12.7. The van der Waals surface area contributed by atoms with E-state index in [9.17, 15) is 8.42 Å². The van der Waals surface area contributed by atoms with Crippen molar-refractivity contribution in [2.24, 2.45) is 11.7 Å². The predicted octanol–water partition coefficient (Wildman–Crippen LogP) is 0.0111. The first kappa shape index (κ1) is 15.2. The van der Waals surface area contributed by atoms with Gasteiger partial charge in [-0.3, -0.25) is 0 Å². The molecule has 112 valence electrons. The Morgan fingerprint density at radius 2 is 1.89 bits per heavy atom. The van der Waals surface area contributed by atoms with E-state index < -0.39 is 10.2 Å². The molecule has 0 amide bonds. The van der Waals surface area contributed by atoms with Gasteiger partial charge in [-0.05, 0) is 39.2 Å². The molecule has 2 N–H and O–H groups in total. The molecule has 0 spiro atoms. The summed E-state index contributed by atoms with van der Waals surface area (Å²) in [6, 6.07) is -0.0894. The Bertz CT molecular complexity index is 393. The topological polar surface area (TPSA) is 75.9 Å². The van der Waals surface area contributed by atoms with Crippen molar-refractivity contribution in [2.75, 3.05) is 32.8 Å². The number of hydrogen-bond donors (Lipinski definition) is 1. The van der Waals surface area contributed by atoms with E-state index in [4.69, 9.17) is 10.5 Å². The first-order valence-electron chi connectivity index (χ1n) is 7.03. The highest BCUT2D eigenvalue weighted by Gasteiger charge is 2.38. The Morgan fingerprint density at radius 1 is 1.26 bits per heavy atom. The van der Waals surface area contributed by atoms with Gasteiger partial charge >= 0.3 is 0 Å². The van der Waals surface area contributed by atoms with Gasteiger partial charge in [-0.1, -0.05) is 0 Å². The number of nitrogens with two attached hydrogens (primary N) is 1. The summed E-state index contributed by atoms with van der Waals surface area (Å²) in [5.41, 5.74) is 5.65. The lowest BCUT2D eigenvalue weighted by atomic mass is 9.99. The zero-order valence-electron chi connectivity index (χ0n) is 11.8. The van der Waals surface area contributed by atoms with Gasteiger partial charge < -0.3 is 10.5 Å². The fourth-order valence-corrected chi connectivity index (χ4v) is 4.60. The molecule has 2 heterocycles. The van der Waals surface area contributed by atoms with Crippen molar-refractivity contribution in [2.45, 2.75) is 38.8 Å². The highest BCUT2D eigenvalue weighted by Crippen LogP contribution is 2.24. The van der Waals surface area contributed by atoms with E-state index >= 15 is 0 Å². The fourth-order valence-electron chi connectivity index (χ4n) is 2.72. The van der Waals surface area contributed by atoms with Gasteiger partial charge in [0.1, 0.15) is 0 Å². The zero-order valence-corrected chi connectivity index (χ0v) is 12.6. The van der Waals surface area contributed by atoms with Crippen molar-refractivity contribution in [3.05, 3.63) is 0 Å². The normalized spacial score (nSPS) is 32.6. The molecule has 0 aliphatic carbocycles. The lowest BCUT2D eigenvalue weighted by Gasteiger charge is -2.40. The molecule has 0 aromatic carbocycles. The summed E-state index contributed by atoms with van der Waals surface area (Å²) in [6.07, 6.45) is 1.70. The lowest BCUT2D eigenvalue weighted by molar-refractivity contribution is -0.0194. The number of morpholine rings is 1. The number of piperidine rings is 1.